The van der Waals surface area contributed by atoms with Gasteiger partial charge in [-0.1, -0.05) is 98.8 Å². The third kappa shape index (κ3) is 5.05. The van der Waals surface area contributed by atoms with E-state index in [-0.39, 0.29) is 0 Å². The molecule has 34 heavy (non-hydrogen) atoms. The van der Waals surface area contributed by atoms with Crippen LogP contribution in [0.25, 0.3) is 11.1 Å². The van der Waals surface area contributed by atoms with Gasteiger partial charge < -0.3 is 9.47 Å². The zero-order valence-electron chi connectivity index (χ0n) is 20.4. The molecule has 4 rings (SSSR count). The van der Waals surface area contributed by atoms with Crippen molar-refractivity contribution >= 4 is 31.1 Å². The summed E-state index contributed by atoms with van der Waals surface area (Å²) in [6, 6.07) is 35.1. The Morgan fingerprint density at radius 2 is 1.24 bits per heavy atom. The lowest BCUT2D eigenvalue weighted by Crippen LogP contribution is -2.17. The summed E-state index contributed by atoms with van der Waals surface area (Å²) in [7, 11) is 2.38. The number of benzene rings is 4. The smallest absolute Gasteiger partial charge is 0.127 e. The lowest BCUT2D eigenvalue weighted by Gasteiger charge is -2.31. The summed E-state index contributed by atoms with van der Waals surface area (Å²) in [5.74, 6) is 1.77. The van der Waals surface area contributed by atoms with E-state index in [9.17, 15) is 0 Å². The summed E-state index contributed by atoms with van der Waals surface area (Å²) in [5, 5.41) is 4.22. The van der Waals surface area contributed by atoms with Crippen molar-refractivity contribution in [3.8, 4) is 22.6 Å². The molecule has 0 aromatic heterocycles. The molecule has 0 bridgehead atoms. The predicted octanol–water partition coefficient (Wildman–Crippen LogP) is 7.11. The van der Waals surface area contributed by atoms with Gasteiger partial charge in [0.1, 0.15) is 11.5 Å². The predicted molar refractivity (Wildman–Crippen MR) is 151 cm³/mol. The molecule has 0 radical (unpaired) electrons. The number of ether oxygens (including phenoxy) is 2. The van der Waals surface area contributed by atoms with Gasteiger partial charge in [0, 0.05) is 11.1 Å². The monoisotopic (exact) mass is 486 g/mol. The fourth-order valence-corrected chi connectivity index (χ4v) is 12.1. The van der Waals surface area contributed by atoms with Crippen molar-refractivity contribution in [2.24, 2.45) is 0 Å². The van der Waals surface area contributed by atoms with Crippen molar-refractivity contribution in [3.05, 3.63) is 103 Å². The number of hydrogen-bond donors (Lipinski definition) is 0. The van der Waals surface area contributed by atoms with Crippen LogP contribution in [0.4, 0.5) is 0 Å². The number of para-hydroxylation sites is 1. The molecule has 174 valence electrons. The first-order chi connectivity index (χ1) is 16.7. The first-order valence-corrected chi connectivity index (χ1v) is 15.3. The Balaban J connectivity index is 1.94. The Hall–Kier alpha value is -2.66. The minimum Gasteiger partial charge on any atom is -0.496 e. The SMILES string of the molecule is CCc1ccc([P@](c2ccccc2)P(CC)c2cccc(OC)c2-c2ccccc2OC)cc1. The van der Waals surface area contributed by atoms with Crippen molar-refractivity contribution in [1.82, 2.24) is 0 Å². The van der Waals surface area contributed by atoms with Crippen molar-refractivity contribution < 1.29 is 9.47 Å². The fourth-order valence-electron chi connectivity index (χ4n) is 4.32. The summed E-state index contributed by atoms with van der Waals surface area (Å²) in [6.07, 6.45) is 2.14. The van der Waals surface area contributed by atoms with Crippen LogP contribution in [0.2, 0.25) is 0 Å². The molecule has 0 aliphatic rings. The molecule has 0 saturated carbocycles. The van der Waals surface area contributed by atoms with E-state index in [4.69, 9.17) is 9.47 Å². The molecule has 4 aromatic carbocycles. The van der Waals surface area contributed by atoms with Crippen LogP contribution >= 0.6 is 15.2 Å². The Kier molecular flexibility index (Phi) is 8.39. The first-order valence-electron chi connectivity index (χ1n) is 11.7. The van der Waals surface area contributed by atoms with Crippen LogP contribution in [-0.2, 0) is 6.42 Å². The second kappa shape index (κ2) is 11.7. The maximum atomic E-state index is 5.92. The highest BCUT2D eigenvalue weighted by atomic mass is 32.1. The third-order valence-corrected chi connectivity index (χ3v) is 13.9. The van der Waals surface area contributed by atoms with E-state index in [0.29, 0.717) is 0 Å². The molecule has 2 atom stereocenters. The molecule has 0 heterocycles. The molecule has 0 saturated heterocycles. The van der Waals surface area contributed by atoms with E-state index in [1.54, 1.807) is 14.2 Å². The van der Waals surface area contributed by atoms with Crippen molar-refractivity contribution in [2.45, 2.75) is 20.3 Å². The van der Waals surface area contributed by atoms with Crippen molar-refractivity contribution in [3.63, 3.8) is 0 Å². The first kappa shape index (κ1) is 24.5. The van der Waals surface area contributed by atoms with Crippen LogP contribution in [0.15, 0.2) is 97.1 Å². The van der Waals surface area contributed by atoms with Gasteiger partial charge in [-0.05, 0) is 61.4 Å². The quantitative estimate of drug-likeness (QED) is 0.235. The second-order valence-corrected chi connectivity index (χ2v) is 14.2. The van der Waals surface area contributed by atoms with Gasteiger partial charge in [-0.3, -0.25) is 0 Å². The number of methoxy groups -OCH3 is 2. The average Bonchev–Trinajstić information content (AvgIpc) is 2.91. The second-order valence-electron chi connectivity index (χ2n) is 7.94. The van der Waals surface area contributed by atoms with Crippen LogP contribution < -0.4 is 25.4 Å². The topological polar surface area (TPSA) is 18.5 Å². The molecular weight excluding hydrogens is 454 g/mol. The van der Waals surface area contributed by atoms with E-state index in [0.717, 1.165) is 35.2 Å². The Morgan fingerprint density at radius 3 is 1.88 bits per heavy atom. The lowest BCUT2D eigenvalue weighted by atomic mass is 10.0. The summed E-state index contributed by atoms with van der Waals surface area (Å²) in [5.41, 5.74) is 3.62. The molecule has 4 heteroatoms. The molecule has 2 nitrogen and oxygen atoms in total. The van der Waals surface area contributed by atoms with E-state index < -0.39 is 15.2 Å². The zero-order valence-corrected chi connectivity index (χ0v) is 22.2. The molecule has 0 N–H and O–H groups in total. The zero-order chi connectivity index (χ0) is 23.9. The van der Waals surface area contributed by atoms with Crippen molar-refractivity contribution in [2.75, 3.05) is 20.4 Å². The Morgan fingerprint density at radius 1 is 0.618 bits per heavy atom. The van der Waals surface area contributed by atoms with Gasteiger partial charge in [0.2, 0.25) is 0 Å². The van der Waals surface area contributed by atoms with Gasteiger partial charge >= 0.3 is 0 Å². The summed E-state index contributed by atoms with van der Waals surface area (Å²) < 4.78 is 11.7. The fraction of sp³-hybridized carbons (Fsp3) is 0.200. The van der Waals surface area contributed by atoms with E-state index in [1.807, 2.05) is 12.1 Å². The maximum Gasteiger partial charge on any atom is 0.127 e. The Bertz CT molecular complexity index is 1210. The largest absolute Gasteiger partial charge is 0.496 e. The van der Waals surface area contributed by atoms with E-state index >= 15 is 0 Å². The molecule has 1 unspecified atom stereocenters. The van der Waals surface area contributed by atoms with Crippen LogP contribution in [0.5, 0.6) is 11.5 Å². The molecule has 0 aliphatic heterocycles. The molecule has 0 fully saturated rings. The highest BCUT2D eigenvalue weighted by Crippen LogP contribution is 2.67. The maximum absolute atomic E-state index is 5.92. The minimum atomic E-state index is -0.578. The highest BCUT2D eigenvalue weighted by Gasteiger charge is 2.29. The van der Waals surface area contributed by atoms with Crippen LogP contribution in [-0.4, -0.2) is 20.4 Å². The molecular formula is C30H32O2P2. The third-order valence-electron chi connectivity index (χ3n) is 6.01. The van der Waals surface area contributed by atoms with Gasteiger partial charge in [0.05, 0.1) is 14.2 Å². The van der Waals surface area contributed by atoms with Gasteiger partial charge in [-0.25, -0.2) is 0 Å². The summed E-state index contributed by atoms with van der Waals surface area (Å²) >= 11 is 0. The molecule has 0 amide bonds. The van der Waals surface area contributed by atoms with Crippen molar-refractivity contribution in [1.29, 1.82) is 0 Å². The van der Waals surface area contributed by atoms with Crippen LogP contribution in [0.3, 0.4) is 0 Å². The van der Waals surface area contributed by atoms with Gasteiger partial charge in [0.25, 0.3) is 0 Å². The summed E-state index contributed by atoms with van der Waals surface area (Å²) in [6.45, 7) is 4.54. The molecule has 0 spiro atoms. The number of hydrogen-bond acceptors (Lipinski definition) is 2. The number of rotatable bonds is 9. The van der Waals surface area contributed by atoms with Gasteiger partial charge in [0.15, 0.2) is 0 Å². The van der Waals surface area contributed by atoms with Gasteiger partial charge in [-0.15, -0.1) is 0 Å². The standard InChI is InChI=1S/C30H32O2P2/c1-5-23-19-21-25(22-20-23)34(24-13-8-7-9-14-24)33(6-2)29-18-12-17-28(32-4)30(29)26-15-10-11-16-27(26)31-3/h7-22H,5-6H2,1-4H3/t33?,34-/m0/s1. The van der Waals surface area contributed by atoms with Crippen LogP contribution in [0.1, 0.15) is 19.4 Å². The highest BCUT2D eigenvalue weighted by molar-refractivity contribution is 8.38. The Labute approximate surface area is 206 Å². The van der Waals surface area contributed by atoms with E-state index in [2.05, 4.69) is 98.8 Å². The normalized spacial score (nSPS) is 12.7. The van der Waals surface area contributed by atoms with Crippen LogP contribution in [0, 0.1) is 0 Å². The minimum absolute atomic E-state index is 0.538. The molecule has 0 aliphatic carbocycles. The van der Waals surface area contributed by atoms with E-state index in [1.165, 1.54) is 21.5 Å². The lowest BCUT2D eigenvalue weighted by molar-refractivity contribution is 0.410. The summed E-state index contributed by atoms with van der Waals surface area (Å²) in [4.78, 5) is 0. The average molecular weight is 487 g/mol. The number of aryl methyl sites for hydroxylation is 1. The molecule has 4 aromatic rings. The van der Waals surface area contributed by atoms with Gasteiger partial charge in [-0.2, -0.15) is 0 Å².